The molecule has 0 bridgehead atoms. The standard InChI is InChI=1S/C12H15N3O/c1-8-9(2)14(3)12(10(8)7-13)15-6-4-5-11(15)16/h4-6H2,1-3H3. The number of rotatable bonds is 1. The summed E-state index contributed by atoms with van der Waals surface area (Å²) in [6.07, 6.45) is 1.47. The van der Waals surface area contributed by atoms with Crippen molar-refractivity contribution in [1.29, 1.82) is 5.26 Å². The molecule has 0 aliphatic carbocycles. The van der Waals surface area contributed by atoms with Gasteiger partial charge in [-0.2, -0.15) is 5.26 Å². The highest BCUT2D eigenvalue weighted by Gasteiger charge is 2.28. The lowest BCUT2D eigenvalue weighted by Gasteiger charge is -2.17. The quantitative estimate of drug-likeness (QED) is 0.718. The van der Waals surface area contributed by atoms with E-state index in [2.05, 4.69) is 6.07 Å². The second kappa shape index (κ2) is 3.67. The van der Waals surface area contributed by atoms with Gasteiger partial charge in [-0.25, -0.2) is 0 Å². The van der Waals surface area contributed by atoms with E-state index in [1.165, 1.54) is 0 Å². The van der Waals surface area contributed by atoms with E-state index < -0.39 is 0 Å². The fourth-order valence-corrected chi connectivity index (χ4v) is 2.25. The largest absolute Gasteiger partial charge is 0.333 e. The number of nitrogens with zero attached hydrogens (tertiary/aromatic N) is 3. The van der Waals surface area contributed by atoms with Gasteiger partial charge in [0.25, 0.3) is 0 Å². The molecule has 0 unspecified atom stereocenters. The summed E-state index contributed by atoms with van der Waals surface area (Å²) in [4.78, 5) is 13.5. The van der Waals surface area contributed by atoms with Gasteiger partial charge >= 0.3 is 0 Å². The van der Waals surface area contributed by atoms with Crippen LogP contribution < -0.4 is 4.90 Å². The van der Waals surface area contributed by atoms with Crippen LogP contribution >= 0.6 is 0 Å². The molecular weight excluding hydrogens is 202 g/mol. The fraction of sp³-hybridized carbons (Fsp3) is 0.500. The number of amides is 1. The maximum atomic E-state index is 11.7. The van der Waals surface area contributed by atoms with Crippen LogP contribution in [0.4, 0.5) is 5.82 Å². The molecule has 4 heteroatoms. The van der Waals surface area contributed by atoms with Crippen molar-refractivity contribution in [3.05, 3.63) is 16.8 Å². The molecule has 0 N–H and O–H groups in total. The lowest BCUT2D eigenvalue weighted by molar-refractivity contribution is -0.117. The Bertz CT molecular complexity index is 493. The Morgan fingerprint density at radius 1 is 1.38 bits per heavy atom. The maximum absolute atomic E-state index is 11.7. The minimum atomic E-state index is 0.122. The number of nitriles is 1. The van der Waals surface area contributed by atoms with Crippen molar-refractivity contribution in [2.45, 2.75) is 26.7 Å². The molecule has 1 fully saturated rings. The van der Waals surface area contributed by atoms with Crippen LogP contribution in [0.5, 0.6) is 0 Å². The molecule has 0 atom stereocenters. The third-order valence-electron chi connectivity index (χ3n) is 3.40. The van der Waals surface area contributed by atoms with E-state index in [0.29, 0.717) is 12.0 Å². The molecule has 0 saturated carbocycles. The van der Waals surface area contributed by atoms with Gasteiger partial charge in [-0.05, 0) is 25.8 Å². The van der Waals surface area contributed by atoms with Gasteiger partial charge in [0.2, 0.25) is 5.91 Å². The first-order valence-corrected chi connectivity index (χ1v) is 5.44. The van der Waals surface area contributed by atoms with Gasteiger partial charge in [0, 0.05) is 25.7 Å². The van der Waals surface area contributed by atoms with Gasteiger partial charge < -0.3 is 4.57 Å². The first-order valence-electron chi connectivity index (χ1n) is 5.44. The van der Waals surface area contributed by atoms with Crippen LogP contribution in [0.15, 0.2) is 0 Å². The Labute approximate surface area is 95.1 Å². The lowest BCUT2D eigenvalue weighted by atomic mass is 10.2. The molecule has 1 saturated heterocycles. The van der Waals surface area contributed by atoms with E-state index >= 15 is 0 Å². The normalized spacial score (nSPS) is 15.6. The molecule has 16 heavy (non-hydrogen) atoms. The molecule has 0 radical (unpaired) electrons. The number of hydrogen-bond donors (Lipinski definition) is 0. The van der Waals surface area contributed by atoms with Crippen molar-refractivity contribution in [2.24, 2.45) is 7.05 Å². The summed E-state index contributed by atoms with van der Waals surface area (Å²) in [7, 11) is 1.91. The van der Waals surface area contributed by atoms with E-state index in [4.69, 9.17) is 0 Å². The molecule has 1 aromatic rings. The highest BCUT2D eigenvalue weighted by atomic mass is 16.2. The number of aromatic nitrogens is 1. The lowest BCUT2D eigenvalue weighted by Crippen LogP contribution is -2.26. The van der Waals surface area contributed by atoms with Crippen LogP contribution in [0, 0.1) is 25.2 Å². The van der Waals surface area contributed by atoms with Crippen molar-refractivity contribution in [3.63, 3.8) is 0 Å². The van der Waals surface area contributed by atoms with Crippen molar-refractivity contribution in [1.82, 2.24) is 4.57 Å². The van der Waals surface area contributed by atoms with Crippen LogP contribution in [-0.2, 0) is 11.8 Å². The van der Waals surface area contributed by atoms with Crippen LogP contribution in [0.1, 0.15) is 29.7 Å². The van der Waals surface area contributed by atoms with E-state index in [0.717, 1.165) is 30.0 Å². The predicted octanol–water partition coefficient (Wildman–Crippen LogP) is 1.64. The molecule has 2 heterocycles. The SMILES string of the molecule is Cc1c(C#N)c(N2CCCC2=O)n(C)c1C. The average Bonchev–Trinajstić information content (AvgIpc) is 2.76. The molecular formula is C12H15N3O. The highest BCUT2D eigenvalue weighted by molar-refractivity contribution is 5.96. The molecule has 1 amide bonds. The minimum Gasteiger partial charge on any atom is -0.333 e. The van der Waals surface area contributed by atoms with Crippen LogP contribution in [0.25, 0.3) is 0 Å². The third kappa shape index (κ3) is 1.32. The molecule has 2 rings (SSSR count). The number of carbonyl (C=O) groups excluding carboxylic acids is 1. The Hall–Kier alpha value is -1.76. The first kappa shape index (κ1) is 10.7. The molecule has 84 valence electrons. The van der Waals surface area contributed by atoms with Gasteiger partial charge in [-0.15, -0.1) is 0 Å². The first-order chi connectivity index (χ1) is 7.57. The third-order valence-corrected chi connectivity index (χ3v) is 3.40. The maximum Gasteiger partial charge on any atom is 0.228 e. The second-order valence-electron chi connectivity index (χ2n) is 4.23. The average molecular weight is 217 g/mol. The Kier molecular flexibility index (Phi) is 2.47. The minimum absolute atomic E-state index is 0.122. The summed E-state index contributed by atoms with van der Waals surface area (Å²) in [5.41, 5.74) is 2.65. The molecule has 1 aliphatic heterocycles. The second-order valence-corrected chi connectivity index (χ2v) is 4.23. The molecule has 4 nitrogen and oxygen atoms in total. The summed E-state index contributed by atoms with van der Waals surface area (Å²) in [5.74, 6) is 0.886. The van der Waals surface area contributed by atoms with Crippen LogP contribution in [0.3, 0.4) is 0 Å². The van der Waals surface area contributed by atoms with Crippen LogP contribution in [-0.4, -0.2) is 17.0 Å². The zero-order valence-electron chi connectivity index (χ0n) is 9.87. The summed E-state index contributed by atoms with van der Waals surface area (Å²) in [6, 6.07) is 2.21. The zero-order chi connectivity index (χ0) is 11.9. The fourth-order valence-electron chi connectivity index (χ4n) is 2.25. The Morgan fingerprint density at radius 2 is 2.06 bits per heavy atom. The molecule has 0 aromatic carbocycles. The van der Waals surface area contributed by atoms with E-state index in [1.807, 2.05) is 25.5 Å². The van der Waals surface area contributed by atoms with E-state index in [-0.39, 0.29) is 5.91 Å². The van der Waals surface area contributed by atoms with E-state index in [9.17, 15) is 10.1 Å². The number of hydrogen-bond acceptors (Lipinski definition) is 2. The summed E-state index contributed by atoms with van der Waals surface area (Å²) in [6.45, 7) is 4.63. The predicted molar refractivity (Wildman–Crippen MR) is 61.2 cm³/mol. The summed E-state index contributed by atoms with van der Waals surface area (Å²) < 4.78 is 1.94. The molecule has 0 spiro atoms. The topological polar surface area (TPSA) is 49.0 Å². The smallest absolute Gasteiger partial charge is 0.228 e. The molecule has 1 aliphatic rings. The van der Waals surface area contributed by atoms with Gasteiger partial charge in [0.15, 0.2) is 0 Å². The Balaban J connectivity index is 2.60. The van der Waals surface area contributed by atoms with Gasteiger partial charge in [0.1, 0.15) is 11.9 Å². The summed E-state index contributed by atoms with van der Waals surface area (Å²) in [5, 5.41) is 9.18. The van der Waals surface area contributed by atoms with Crippen LogP contribution in [0.2, 0.25) is 0 Å². The zero-order valence-corrected chi connectivity index (χ0v) is 9.87. The van der Waals surface area contributed by atoms with Crippen molar-refractivity contribution in [3.8, 4) is 6.07 Å². The van der Waals surface area contributed by atoms with Gasteiger partial charge in [-0.1, -0.05) is 0 Å². The van der Waals surface area contributed by atoms with Gasteiger partial charge in [-0.3, -0.25) is 9.69 Å². The summed E-state index contributed by atoms with van der Waals surface area (Å²) >= 11 is 0. The van der Waals surface area contributed by atoms with E-state index in [1.54, 1.807) is 4.90 Å². The highest BCUT2D eigenvalue weighted by Crippen LogP contribution is 2.30. The molecule has 1 aromatic heterocycles. The van der Waals surface area contributed by atoms with Crippen molar-refractivity contribution in [2.75, 3.05) is 11.4 Å². The van der Waals surface area contributed by atoms with Crippen molar-refractivity contribution >= 4 is 11.7 Å². The monoisotopic (exact) mass is 217 g/mol. The Morgan fingerprint density at radius 3 is 2.56 bits per heavy atom. The van der Waals surface area contributed by atoms with Crippen molar-refractivity contribution < 1.29 is 4.79 Å². The number of carbonyl (C=O) groups is 1. The van der Waals surface area contributed by atoms with Gasteiger partial charge in [0.05, 0.1) is 5.56 Å². The number of anilines is 1.